The van der Waals surface area contributed by atoms with Gasteiger partial charge in [0.25, 0.3) is 0 Å². The van der Waals surface area contributed by atoms with Gasteiger partial charge in [-0.3, -0.25) is 9.59 Å². The highest BCUT2D eigenvalue weighted by atomic mass is 16.5. The highest BCUT2D eigenvalue weighted by Gasteiger charge is 2.23. The van der Waals surface area contributed by atoms with Gasteiger partial charge in [-0.25, -0.2) is 0 Å². The monoisotopic (exact) mass is 274 g/mol. The molecule has 3 rings (SSSR count). The van der Waals surface area contributed by atoms with E-state index in [9.17, 15) is 9.59 Å². The molecule has 0 saturated carbocycles. The molecule has 106 valence electrons. The van der Waals surface area contributed by atoms with E-state index in [4.69, 9.17) is 4.74 Å². The van der Waals surface area contributed by atoms with Crippen LogP contribution in [0.15, 0.2) is 18.2 Å². The standard InChI is InChI=1S/C15H18N2O3/c18-14-5-8-20-13-2-1-11(9-12(13)17-14)15(19)10-3-6-16-7-4-10/h1-2,9-10,16H,3-8H2,(H,17,18). The predicted octanol–water partition coefficient (Wildman–Crippen LogP) is 1.59. The van der Waals surface area contributed by atoms with Crippen LogP contribution in [0.2, 0.25) is 0 Å². The first kappa shape index (κ1) is 13.1. The molecule has 1 aromatic carbocycles. The minimum atomic E-state index is -0.0739. The number of piperidine rings is 1. The fraction of sp³-hybridized carbons (Fsp3) is 0.467. The molecule has 5 nitrogen and oxygen atoms in total. The first-order valence-electron chi connectivity index (χ1n) is 7.05. The summed E-state index contributed by atoms with van der Waals surface area (Å²) in [6, 6.07) is 5.30. The minimum absolute atomic E-state index is 0.0739. The normalized spacial score (nSPS) is 19.5. The van der Waals surface area contributed by atoms with Crippen molar-refractivity contribution < 1.29 is 14.3 Å². The lowest BCUT2D eigenvalue weighted by Crippen LogP contribution is -2.31. The van der Waals surface area contributed by atoms with Crippen molar-refractivity contribution in [1.29, 1.82) is 0 Å². The Morgan fingerprint density at radius 3 is 2.85 bits per heavy atom. The van der Waals surface area contributed by atoms with Crippen LogP contribution in [-0.4, -0.2) is 31.4 Å². The summed E-state index contributed by atoms with van der Waals surface area (Å²) in [6.45, 7) is 2.16. The van der Waals surface area contributed by atoms with Gasteiger partial charge in [-0.15, -0.1) is 0 Å². The summed E-state index contributed by atoms with van der Waals surface area (Å²) in [5.41, 5.74) is 1.26. The quantitative estimate of drug-likeness (QED) is 0.804. The Hall–Kier alpha value is -1.88. The third kappa shape index (κ3) is 2.67. The van der Waals surface area contributed by atoms with Gasteiger partial charge in [-0.1, -0.05) is 0 Å². The van der Waals surface area contributed by atoms with Gasteiger partial charge in [-0.05, 0) is 44.1 Å². The van der Waals surface area contributed by atoms with Crippen molar-refractivity contribution in [1.82, 2.24) is 5.32 Å². The van der Waals surface area contributed by atoms with Gasteiger partial charge in [0.05, 0.1) is 18.7 Å². The van der Waals surface area contributed by atoms with Crippen molar-refractivity contribution >= 4 is 17.4 Å². The number of hydrogen-bond acceptors (Lipinski definition) is 4. The molecule has 2 aliphatic heterocycles. The van der Waals surface area contributed by atoms with E-state index in [0.717, 1.165) is 25.9 Å². The van der Waals surface area contributed by atoms with Gasteiger partial charge >= 0.3 is 0 Å². The lowest BCUT2D eigenvalue weighted by molar-refractivity contribution is -0.116. The Morgan fingerprint density at radius 2 is 2.05 bits per heavy atom. The van der Waals surface area contributed by atoms with Gasteiger partial charge < -0.3 is 15.4 Å². The molecule has 20 heavy (non-hydrogen) atoms. The predicted molar refractivity (Wildman–Crippen MR) is 75.1 cm³/mol. The van der Waals surface area contributed by atoms with E-state index in [2.05, 4.69) is 10.6 Å². The van der Waals surface area contributed by atoms with E-state index < -0.39 is 0 Å². The SMILES string of the molecule is O=C1CCOc2ccc(C(=O)C3CCNCC3)cc2N1. The van der Waals surface area contributed by atoms with Crippen LogP contribution in [0.4, 0.5) is 5.69 Å². The third-order valence-corrected chi connectivity index (χ3v) is 3.83. The Labute approximate surface area is 117 Å². The second kappa shape index (κ2) is 5.63. The molecule has 2 N–H and O–H groups in total. The van der Waals surface area contributed by atoms with Crippen LogP contribution in [0.5, 0.6) is 5.75 Å². The number of hydrogen-bond donors (Lipinski definition) is 2. The van der Waals surface area contributed by atoms with Crippen LogP contribution in [0.1, 0.15) is 29.6 Å². The Morgan fingerprint density at radius 1 is 1.25 bits per heavy atom. The molecular weight excluding hydrogens is 256 g/mol. The molecule has 0 spiro atoms. The Kier molecular flexibility index (Phi) is 3.69. The second-order valence-electron chi connectivity index (χ2n) is 5.25. The topological polar surface area (TPSA) is 67.4 Å². The number of Topliss-reactive ketones (excluding diaryl/α,β-unsaturated/α-hetero) is 1. The van der Waals surface area contributed by atoms with Crippen LogP contribution < -0.4 is 15.4 Å². The van der Waals surface area contributed by atoms with Crippen molar-refractivity contribution in [2.75, 3.05) is 25.0 Å². The highest BCUT2D eigenvalue weighted by Crippen LogP contribution is 2.29. The molecule has 1 amide bonds. The summed E-state index contributed by atoms with van der Waals surface area (Å²) in [4.78, 5) is 24.0. The molecule has 2 aliphatic rings. The summed E-state index contributed by atoms with van der Waals surface area (Å²) in [5.74, 6) is 0.803. The fourth-order valence-corrected chi connectivity index (χ4v) is 2.69. The van der Waals surface area contributed by atoms with Gasteiger partial charge in [0.2, 0.25) is 5.91 Å². The summed E-state index contributed by atoms with van der Waals surface area (Å²) in [5, 5.41) is 6.05. The van der Waals surface area contributed by atoms with Crippen molar-refractivity contribution in [3.63, 3.8) is 0 Å². The Balaban J connectivity index is 1.83. The lowest BCUT2D eigenvalue weighted by atomic mass is 9.89. The molecule has 1 saturated heterocycles. The fourth-order valence-electron chi connectivity index (χ4n) is 2.69. The number of carbonyl (C=O) groups excluding carboxylic acids is 2. The smallest absolute Gasteiger partial charge is 0.227 e. The Bertz CT molecular complexity index is 536. The van der Waals surface area contributed by atoms with E-state index in [1.165, 1.54) is 0 Å². The largest absolute Gasteiger partial charge is 0.491 e. The van der Waals surface area contributed by atoms with Crippen LogP contribution in [0.3, 0.4) is 0 Å². The van der Waals surface area contributed by atoms with E-state index in [-0.39, 0.29) is 17.6 Å². The summed E-state index contributed by atoms with van der Waals surface area (Å²) >= 11 is 0. The van der Waals surface area contributed by atoms with Crippen LogP contribution in [0.25, 0.3) is 0 Å². The molecule has 1 aromatic rings. The maximum absolute atomic E-state index is 12.5. The first-order chi connectivity index (χ1) is 9.74. The maximum Gasteiger partial charge on any atom is 0.227 e. The summed E-state index contributed by atoms with van der Waals surface area (Å²) < 4.78 is 5.49. The van der Waals surface area contributed by atoms with Gasteiger partial charge in [0.15, 0.2) is 5.78 Å². The minimum Gasteiger partial charge on any atom is -0.491 e. The van der Waals surface area contributed by atoms with Crippen molar-refractivity contribution in [3.8, 4) is 5.75 Å². The summed E-state index contributed by atoms with van der Waals surface area (Å²) in [6.07, 6.45) is 2.09. The van der Waals surface area contributed by atoms with E-state index in [1.807, 2.05) is 0 Å². The number of ketones is 1. The molecule has 1 fully saturated rings. The molecule has 0 aliphatic carbocycles. The van der Waals surface area contributed by atoms with E-state index in [1.54, 1.807) is 18.2 Å². The third-order valence-electron chi connectivity index (χ3n) is 3.83. The molecule has 0 unspecified atom stereocenters. The van der Waals surface area contributed by atoms with Crippen LogP contribution >= 0.6 is 0 Å². The van der Waals surface area contributed by atoms with Gasteiger partial charge in [0, 0.05) is 11.5 Å². The van der Waals surface area contributed by atoms with Gasteiger partial charge in [0.1, 0.15) is 5.75 Å². The highest BCUT2D eigenvalue weighted by molar-refractivity contribution is 6.01. The molecule has 0 aromatic heterocycles. The molecule has 0 atom stereocenters. The first-order valence-corrected chi connectivity index (χ1v) is 7.05. The van der Waals surface area contributed by atoms with E-state index in [0.29, 0.717) is 30.0 Å². The lowest BCUT2D eigenvalue weighted by Gasteiger charge is -2.21. The number of fused-ring (bicyclic) bond motifs is 1. The van der Waals surface area contributed by atoms with Crippen molar-refractivity contribution in [2.45, 2.75) is 19.3 Å². The van der Waals surface area contributed by atoms with Crippen molar-refractivity contribution in [2.24, 2.45) is 5.92 Å². The zero-order chi connectivity index (χ0) is 13.9. The van der Waals surface area contributed by atoms with Crippen LogP contribution in [-0.2, 0) is 4.79 Å². The zero-order valence-electron chi connectivity index (χ0n) is 11.3. The molecular formula is C15H18N2O3. The zero-order valence-corrected chi connectivity index (χ0v) is 11.3. The average Bonchev–Trinajstić information content (AvgIpc) is 2.67. The number of benzene rings is 1. The molecule has 2 heterocycles. The maximum atomic E-state index is 12.5. The summed E-state index contributed by atoms with van der Waals surface area (Å²) in [7, 11) is 0. The molecule has 0 radical (unpaired) electrons. The number of nitrogens with one attached hydrogen (secondary N) is 2. The van der Waals surface area contributed by atoms with Gasteiger partial charge in [-0.2, -0.15) is 0 Å². The average molecular weight is 274 g/mol. The van der Waals surface area contributed by atoms with Crippen molar-refractivity contribution in [3.05, 3.63) is 23.8 Å². The number of anilines is 1. The molecule has 5 heteroatoms. The number of rotatable bonds is 2. The number of ether oxygens (including phenoxy) is 1. The van der Waals surface area contributed by atoms with Crippen LogP contribution in [0, 0.1) is 5.92 Å². The second-order valence-corrected chi connectivity index (χ2v) is 5.25. The molecule has 0 bridgehead atoms. The number of carbonyl (C=O) groups is 2. The number of amides is 1. The van der Waals surface area contributed by atoms with E-state index >= 15 is 0 Å².